The third-order valence-electron chi connectivity index (χ3n) is 6.07. The molecule has 2 rings (SSSR count). The number of sulfonamides is 1. The second kappa shape index (κ2) is 12.8. The first-order valence-corrected chi connectivity index (χ1v) is 14.0. The molecule has 36 heavy (non-hydrogen) atoms. The van der Waals surface area contributed by atoms with Gasteiger partial charge in [0.1, 0.15) is 18.3 Å². The molecule has 2 atom stereocenters. The number of hydrogen-bond donors (Lipinski definition) is 1. The van der Waals surface area contributed by atoms with Gasteiger partial charge in [0.25, 0.3) is 0 Å². The summed E-state index contributed by atoms with van der Waals surface area (Å²) < 4.78 is 31.9. The highest BCUT2D eigenvalue weighted by Crippen LogP contribution is 2.23. The highest BCUT2D eigenvalue weighted by Gasteiger charge is 2.32. The van der Waals surface area contributed by atoms with Crippen LogP contribution in [-0.4, -0.2) is 57.1 Å². The molecular weight excluding hydrogens is 478 g/mol. The summed E-state index contributed by atoms with van der Waals surface area (Å²) in [6.07, 6.45) is 2.22. The van der Waals surface area contributed by atoms with Crippen LogP contribution in [0.25, 0.3) is 0 Å². The van der Waals surface area contributed by atoms with E-state index in [4.69, 9.17) is 4.74 Å². The molecule has 0 aliphatic rings. The molecule has 198 valence electrons. The lowest BCUT2D eigenvalue weighted by Crippen LogP contribution is -2.53. The van der Waals surface area contributed by atoms with Gasteiger partial charge in [0, 0.05) is 12.6 Å². The van der Waals surface area contributed by atoms with E-state index < -0.39 is 28.5 Å². The molecular formula is C27H39N3O5S. The van der Waals surface area contributed by atoms with Crippen LogP contribution in [0, 0.1) is 13.8 Å². The van der Waals surface area contributed by atoms with Gasteiger partial charge in [0.2, 0.25) is 21.8 Å². The van der Waals surface area contributed by atoms with Crippen LogP contribution in [0.1, 0.15) is 50.3 Å². The van der Waals surface area contributed by atoms with Crippen molar-refractivity contribution in [2.75, 3.05) is 24.2 Å². The van der Waals surface area contributed by atoms with E-state index in [2.05, 4.69) is 5.32 Å². The quantitative estimate of drug-likeness (QED) is 0.462. The number of nitrogens with one attached hydrogen (secondary N) is 1. The van der Waals surface area contributed by atoms with Crippen LogP contribution in [0.3, 0.4) is 0 Å². The Morgan fingerprint density at radius 2 is 1.58 bits per heavy atom. The monoisotopic (exact) mass is 517 g/mol. The van der Waals surface area contributed by atoms with E-state index in [0.29, 0.717) is 17.9 Å². The van der Waals surface area contributed by atoms with E-state index in [1.54, 1.807) is 31.4 Å². The average molecular weight is 518 g/mol. The number of methoxy groups -OCH3 is 1. The maximum absolute atomic E-state index is 13.7. The fraction of sp³-hybridized carbons (Fsp3) is 0.481. The van der Waals surface area contributed by atoms with Crippen molar-refractivity contribution in [3.05, 3.63) is 59.2 Å². The standard InChI is InChI=1S/C27H39N3O5S/c1-8-21(5)28-27(32)25(9-2)29(17-22-10-12-24(35-6)13-11-22)26(31)18-30(36(7,33)34)23-15-19(3)14-20(4)16-23/h10-16,21,25H,8-9,17-18H2,1-7H3,(H,28,32)/t21-,25+/m0/s1. The molecule has 9 heteroatoms. The summed E-state index contributed by atoms with van der Waals surface area (Å²) in [6, 6.07) is 11.8. The minimum Gasteiger partial charge on any atom is -0.497 e. The van der Waals surface area contributed by atoms with Crippen molar-refractivity contribution in [2.45, 2.75) is 66.1 Å². The molecule has 0 bridgehead atoms. The van der Waals surface area contributed by atoms with E-state index in [-0.39, 0.29) is 18.5 Å². The smallest absolute Gasteiger partial charge is 0.244 e. The van der Waals surface area contributed by atoms with Crippen molar-refractivity contribution in [2.24, 2.45) is 0 Å². The minimum atomic E-state index is -3.77. The summed E-state index contributed by atoms with van der Waals surface area (Å²) in [5, 5.41) is 2.97. The van der Waals surface area contributed by atoms with E-state index in [1.165, 1.54) is 4.90 Å². The van der Waals surface area contributed by atoms with Gasteiger partial charge in [-0.05, 0) is 74.6 Å². The molecule has 2 amide bonds. The van der Waals surface area contributed by atoms with Gasteiger partial charge in [0.05, 0.1) is 19.1 Å². The van der Waals surface area contributed by atoms with E-state index >= 15 is 0 Å². The molecule has 1 N–H and O–H groups in total. The first-order valence-electron chi connectivity index (χ1n) is 12.2. The molecule has 8 nitrogen and oxygen atoms in total. The summed E-state index contributed by atoms with van der Waals surface area (Å²) in [5.74, 6) is -0.0381. The molecule has 0 heterocycles. The number of amides is 2. The number of benzene rings is 2. The van der Waals surface area contributed by atoms with Gasteiger partial charge in [-0.3, -0.25) is 13.9 Å². The predicted molar refractivity (Wildman–Crippen MR) is 144 cm³/mol. The summed E-state index contributed by atoms with van der Waals surface area (Å²) >= 11 is 0. The number of rotatable bonds is 12. The molecule has 0 spiro atoms. The first kappa shape index (κ1) is 29.2. The van der Waals surface area contributed by atoms with Crippen molar-refractivity contribution < 1.29 is 22.7 Å². The van der Waals surface area contributed by atoms with Gasteiger partial charge in [-0.2, -0.15) is 0 Å². The highest BCUT2D eigenvalue weighted by molar-refractivity contribution is 7.92. The lowest BCUT2D eigenvalue weighted by atomic mass is 10.1. The molecule has 0 aliphatic heterocycles. The third-order valence-corrected chi connectivity index (χ3v) is 7.21. The normalized spacial score (nSPS) is 13.0. The van der Waals surface area contributed by atoms with Crippen LogP contribution >= 0.6 is 0 Å². The summed E-state index contributed by atoms with van der Waals surface area (Å²) in [7, 11) is -2.20. The fourth-order valence-corrected chi connectivity index (χ4v) is 4.83. The molecule has 0 radical (unpaired) electrons. The van der Waals surface area contributed by atoms with Gasteiger partial charge in [-0.25, -0.2) is 8.42 Å². The Morgan fingerprint density at radius 3 is 2.06 bits per heavy atom. The van der Waals surface area contributed by atoms with Crippen LogP contribution in [0.4, 0.5) is 5.69 Å². The number of hydrogen-bond acceptors (Lipinski definition) is 5. The molecule has 2 aromatic rings. The average Bonchev–Trinajstić information content (AvgIpc) is 2.81. The number of anilines is 1. The summed E-state index contributed by atoms with van der Waals surface area (Å²) in [4.78, 5) is 28.4. The molecule has 0 fully saturated rings. The number of carbonyl (C=O) groups excluding carboxylic acids is 2. The topological polar surface area (TPSA) is 96.0 Å². The third kappa shape index (κ3) is 7.98. The van der Waals surface area contributed by atoms with Crippen LogP contribution in [0.2, 0.25) is 0 Å². The number of aryl methyl sites for hydroxylation is 2. The van der Waals surface area contributed by atoms with Gasteiger partial charge >= 0.3 is 0 Å². The van der Waals surface area contributed by atoms with E-state index in [9.17, 15) is 18.0 Å². The van der Waals surface area contributed by atoms with Crippen LogP contribution < -0.4 is 14.4 Å². The Bertz CT molecular complexity index is 1130. The lowest BCUT2D eigenvalue weighted by molar-refractivity contribution is -0.140. The SMILES string of the molecule is CC[C@H](C(=O)N[C@@H](C)CC)N(Cc1ccc(OC)cc1)C(=O)CN(c1cc(C)cc(C)c1)S(C)(=O)=O. The zero-order valence-corrected chi connectivity index (χ0v) is 23.2. The minimum absolute atomic E-state index is 0.0488. The Balaban J connectivity index is 2.46. The predicted octanol–water partition coefficient (Wildman–Crippen LogP) is 3.80. The number of nitrogens with zero attached hydrogens (tertiary/aromatic N) is 2. The fourth-order valence-electron chi connectivity index (χ4n) is 4.00. The largest absolute Gasteiger partial charge is 0.497 e. The highest BCUT2D eigenvalue weighted by atomic mass is 32.2. The molecule has 0 saturated heterocycles. The van der Waals surface area contributed by atoms with Crippen molar-refractivity contribution in [3.8, 4) is 5.75 Å². The zero-order chi connectivity index (χ0) is 27.0. The van der Waals surface area contributed by atoms with Crippen LogP contribution in [-0.2, 0) is 26.2 Å². The number of ether oxygens (including phenoxy) is 1. The maximum Gasteiger partial charge on any atom is 0.244 e. The maximum atomic E-state index is 13.7. The van der Waals surface area contributed by atoms with Gasteiger partial charge in [-0.1, -0.05) is 32.0 Å². The van der Waals surface area contributed by atoms with Crippen LogP contribution in [0.5, 0.6) is 5.75 Å². The van der Waals surface area contributed by atoms with Gasteiger partial charge < -0.3 is 15.0 Å². The Hall–Kier alpha value is -3.07. The molecule has 2 aromatic carbocycles. The second-order valence-electron chi connectivity index (χ2n) is 9.23. The first-order chi connectivity index (χ1) is 16.9. The second-order valence-corrected chi connectivity index (χ2v) is 11.1. The molecule has 0 saturated carbocycles. The Labute approximate surface area is 215 Å². The number of carbonyl (C=O) groups is 2. The van der Waals surface area contributed by atoms with Crippen LogP contribution in [0.15, 0.2) is 42.5 Å². The van der Waals surface area contributed by atoms with Crippen molar-refractivity contribution in [3.63, 3.8) is 0 Å². The Morgan fingerprint density at radius 1 is 1.00 bits per heavy atom. The molecule has 0 aliphatic carbocycles. The van der Waals surface area contributed by atoms with Gasteiger partial charge in [-0.15, -0.1) is 0 Å². The van der Waals surface area contributed by atoms with Gasteiger partial charge in [0.15, 0.2) is 0 Å². The van der Waals surface area contributed by atoms with Crippen molar-refractivity contribution >= 4 is 27.5 Å². The molecule has 0 unspecified atom stereocenters. The van der Waals surface area contributed by atoms with Crippen molar-refractivity contribution in [1.29, 1.82) is 0 Å². The van der Waals surface area contributed by atoms with E-state index in [0.717, 1.165) is 33.7 Å². The van der Waals surface area contributed by atoms with Crippen molar-refractivity contribution in [1.82, 2.24) is 10.2 Å². The lowest BCUT2D eigenvalue weighted by Gasteiger charge is -2.33. The molecule has 0 aromatic heterocycles. The Kier molecular flexibility index (Phi) is 10.3. The van der Waals surface area contributed by atoms with E-state index in [1.807, 2.05) is 52.8 Å². The summed E-state index contributed by atoms with van der Waals surface area (Å²) in [5.41, 5.74) is 3.00. The zero-order valence-electron chi connectivity index (χ0n) is 22.4. The summed E-state index contributed by atoms with van der Waals surface area (Å²) in [6.45, 7) is 9.21.